The van der Waals surface area contributed by atoms with E-state index in [1.165, 1.54) is 19.3 Å². The van der Waals surface area contributed by atoms with Crippen LogP contribution in [-0.4, -0.2) is 43.5 Å². The second-order valence-corrected chi connectivity index (χ2v) is 7.07. The summed E-state index contributed by atoms with van der Waals surface area (Å²) in [5.74, 6) is 0.194. The van der Waals surface area contributed by atoms with Gasteiger partial charge in [-0.25, -0.2) is 0 Å². The lowest BCUT2D eigenvalue weighted by molar-refractivity contribution is -0.123. The molecule has 21 heavy (non-hydrogen) atoms. The van der Waals surface area contributed by atoms with Crippen molar-refractivity contribution in [2.45, 2.75) is 71.3 Å². The molecule has 1 aliphatic rings. The summed E-state index contributed by atoms with van der Waals surface area (Å²) in [6.45, 7) is 6.96. The average Bonchev–Trinajstić information content (AvgIpc) is 2.47. The zero-order valence-electron chi connectivity index (χ0n) is 14.3. The number of nitrogens with zero attached hydrogens (tertiary/aromatic N) is 1. The first-order valence-electron chi connectivity index (χ1n) is 8.66. The Morgan fingerprint density at radius 1 is 1.24 bits per heavy atom. The van der Waals surface area contributed by atoms with Gasteiger partial charge in [-0.3, -0.25) is 4.79 Å². The third-order valence-corrected chi connectivity index (χ3v) is 5.02. The first kappa shape index (κ1) is 18.4. The fraction of sp³-hybridized carbons (Fsp3) is 0.941. The molecule has 4 heteroatoms. The van der Waals surface area contributed by atoms with Crippen LogP contribution in [0, 0.1) is 5.41 Å². The fourth-order valence-electron chi connectivity index (χ4n) is 3.13. The number of nitrogens with one attached hydrogen (secondary N) is 1. The molecule has 1 aliphatic carbocycles. The van der Waals surface area contributed by atoms with Crippen LogP contribution in [0.25, 0.3) is 0 Å². The highest BCUT2D eigenvalue weighted by molar-refractivity contribution is 5.76. The summed E-state index contributed by atoms with van der Waals surface area (Å²) >= 11 is 0. The van der Waals surface area contributed by atoms with Crippen molar-refractivity contribution in [1.29, 1.82) is 0 Å². The average molecular weight is 297 g/mol. The monoisotopic (exact) mass is 297 g/mol. The van der Waals surface area contributed by atoms with Gasteiger partial charge in [0.2, 0.25) is 5.91 Å². The van der Waals surface area contributed by atoms with Crippen LogP contribution in [0.2, 0.25) is 0 Å². The second kappa shape index (κ2) is 9.42. The molecule has 1 saturated carbocycles. The van der Waals surface area contributed by atoms with Gasteiger partial charge in [-0.05, 0) is 65.1 Å². The zero-order chi connectivity index (χ0) is 15.7. The minimum atomic E-state index is 0.0835. The molecule has 0 radical (unpaired) electrons. The van der Waals surface area contributed by atoms with E-state index in [9.17, 15) is 4.79 Å². The Morgan fingerprint density at radius 2 is 1.90 bits per heavy atom. The zero-order valence-corrected chi connectivity index (χ0v) is 14.3. The highest BCUT2D eigenvalue weighted by Gasteiger charge is 2.32. The molecule has 0 heterocycles. The maximum absolute atomic E-state index is 12.1. The number of carbonyl (C=O) groups excluding carboxylic acids is 1. The summed E-state index contributed by atoms with van der Waals surface area (Å²) in [5.41, 5.74) is 6.02. The van der Waals surface area contributed by atoms with Crippen LogP contribution in [0.15, 0.2) is 0 Å². The molecule has 1 amide bonds. The maximum Gasteiger partial charge on any atom is 0.220 e. The Labute approximate surface area is 130 Å². The Hall–Kier alpha value is -0.610. The van der Waals surface area contributed by atoms with Crippen molar-refractivity contribution in [3.63, 3.8) is 0 Å². The molecule has 4 nitrogen and oxygen atoms in total. The molecule has 1 rings (SSSR count). The van der Waals surface area contributed by atoms with Gasteiger partial charge >= 0.3 is 0 Å². The first-order valence-corrected chi connectivity index (χ1v) is 8.66. The van der Waals surface area contributed by atoms with Crippen LogP contribution in [0.5, 0.6) is 0 Å². The molecule has 0 spiro atoms. The lowest BCUT2D eigenvalue weighted by Gasteiger charge is -2.35. The molecular formula is C17H35N3O. The van der Waals surface area contributed by atoms with Gasteiger partial charge in [-0.15, -0.1) is 0 Å². The van der Waals surface area contributed by atoms with Crippen molar-refractivity contribution in [2.75, 3.05) is 26.7 Å². The van der Waals surface area contributed by atoms with E-state index in [2.05, 4.69) is 31.1 Å². The van der Waals surface area contributed by atoms with Crippen LogP contribution in [-0.2, 0) is 4.79 Å². The summed E-state index contributed by atoms with van der Waals surface area (Å²) in [4.78, 5) is 14.4. The molecule has 0 atom stereocenters. The lowest BCUT2D eigenvalue weighted by Crippen LogP contribution is -2.39. The molecule has 1 fully saturated rings. The number of amides is 1. The summed E-state index contributed by atoms with van der Waals surface area (Å²) in [6, 6.07) is 0.593. The molecule has 0 bridgehead atoms. The van der Waals surface area contributed by atoms with Gasteiger partial charge in [-0.1, -0.05) is 19.3 Å². The van der Waals surface area contributed by atoms with E-state index in [1.807, 2.05) is 0 Å². The molecule has 124 valence electrons. The minimum absolute atomic E-state index is 0.0835. The van der Waals surface area contributed by atoms with Crippen molar-refractivity contribution >= 4 is 5.91 Å². The van der Waals surface area contributed by atoms with Gasteiger partial charge in [-0.2, -0.15) is 0 Å². The number of carbonyl (C=O) groups is 1. The third kappa shape index (κ3) is 6.79. The second-order valence-electron chi connectivity index (χ2n) is 7.07. The van der Waals surface area contributed by atoms with Crippen molar-refractivity contribution in [3.8, 4) is 0 Å². The Kier molecular flexibility index (Phi) is 8.27. The Bertz CT molecular complexity index is 298. The van der Waals surface area contributed by atoms with Gasteiger partial charge < -0.3 is 16.0 Å². The van der Waals surface area contributed by atoms with Crippen LogP contribution in [0.4, 0.5) is 0 Å². The summed E-state index contributed by atoms with van der Waals surface area (Å²) < 4.78 is 0. The van der Waals surface area contributed by atoms with Gasteiger partial charge in [0, 0.05) is 19.0 Å². The van der Waals surface area contributed by atoms with E-state index >= 15 is 0 Å². The van der Waals surface area contributed by atoms with Gasteiger partial charge in [0.15, 0.2) is 0 Å². The van der Waals surface area contributed by atoms with E-state index in [-0.39, 0.29) is 11.3 Å². The fourth-order valence-corrected chi connectivity index (χ4v) is 3.13. The molecule has 0 aromatic carbocycles. The largest absolute Gasteiger partial charge is 0.356 e. The molecule has 0 aromatic rings. The number of unbranched alkanes of at least 4 members (excludes halogenated alkanes) is 1. The minimum Gasteiger partial charge on any atom is -0.356 e. The van der Waals surface area contributed by atoms with E-state index in [0.717, 1.165) is 38.8 Å². The Morgan fingerprint density at radius 3 is 2.48 bits per heavy atom. The van der Waals surface area contributed by atoms with Crippen molar-refractivity contribution < 1.29 is 4.79 Å². The van der Waals surface area contributed by atoms with Gasteiger partial charge in [0.25, 0.3) is 0 Å². The van der Waals surface area contributed by atoms with E-state index < -0.39 is 0 Å². The predicted molar refractivity (Wildman–Crippen MR) is 89.2 cm³/mol. The van der Waals surface area contributed by atoms with Crippen molar-refractivity contribution in [1.82, 2.24) is 10.2 Å². The molecule has 0 aliphatic heterocycles. The van der Waals surface area contributed by atoms with Crippen molar-refractivity contribution in [2.24, 2.45) is 11.1 Å². The summed E-state index contributed by atoms with van der Waals surface area (Å²) in [7, 11) is 2.15. The third-order valence-electron chi connectivity index (χ3n) is 5.02. The van der Waals surface area contributed by atoms with E-state index in [4.69, 9.17) is 5.73 Å². The normalized spacial score (nSPS) is 18.2. The summed E-state index contributed by atoms with van der Waals surface area (Å²) in [6.07, 6.45) is 8.81. The highest BCUT2D eigenvalue weighted by atomic mass is 16.1. The van der Waals surface area contributed by atoms with Crippen LogP contribution < -0.4 is 11.1 Å². The van der Waals surface area contributed by atoms with Crippen LogP contribution in [0.1, 0.15) is 65.2 Å². The maximum atomic E-state index is 12.1. The SMILES string of the molecule is CC(C)N(C)CCCCNC(=O)CC1(CN)CCCCC1. The van der Waals surface area contributed by atoms with Crippen LogP contribution >= 0.6 is 0 Å². The number of rotatable bonds is 9. The number of hydrogen-bond acceptors (Lipinski definition) is 3. The van der Waals surface area contributed by atoms with Crippen LogP contribution in [0.3, 0.4) is 0 Å². The molecule has 0 saturated heterocycles. The number of hydrogen-bond donors (Lipinski definition) is 2. The smallest absolute Gasteiger partial charge is 0.220 e. The topological polar surface area (TPSA) is 58.4 Å². The lowest BCUT2D eigenvalue weighted by atomic mass is 9.71. The van der Waals surface area contributed by atoms with E-state index in [1.54, 1.807) is 0 Å². The van der Waals surface area contributed by atoms with Crippen molar-refractivity contribution in [3.05, 3.63) is 0 Å². The van der Waals surface area contributed by atoms with E-state index in [0.29, 0.717) is 19.0 Å². The first-order chi connectivity index (χ1) is 9.99. The molecular weight excluding hydrogens is 262 g/mol. The standard InChI is InChI=1S/C17H35N3O/c1-15(2)20(3)12-8-7-11-19-16(21)13-17(14-18)9-5-4-6-10-17/h15H,4-14,18H2,1-3H3,(H,19,21). The quantitative estimate of drug-likeness (QED) is 0.643. The van der Waals surface area contributed by atoms with Gasteiger partial charge in [0.05, 0.1) is 0 Å². The predicted octanol–water partition coefficient (Wildman–Crippen LogP) is 2.52. The molecule has 0 unspecified atom stereocenters. The van der Waals surface area contributed by atoms with Gasteiger partial charge in [0.1, 0.15) is 0 Å². The molecule has 0 aromatic heterocycles. The highest BCUT2D eigenvalue weighted by Crippen LogP contribution is 2.38. The molecule has 3 N–H and O–H groups in total. The number of nitrogens with two attached hydrogens (primary N) is 1. The summed E-state index contributed by atoms with van der Waals surface area (Å²) in [5, 5.41) is 3.08. The Balaban J connectivity index is 2.16.